The molecule has 0 saturated carbocycles. The lowest BCUT2D eigenvalue weighted by molar-refractivity contribution is -0.138. The number of piperidine rings is 1. The van der Waals surface area contributed by atoms with Crippen molar-refractivity contribution in [1.82, 2.24) is 14.1 Å². The highest BCUT2D eigenvalue weighted by Crippen LogP contribution is 2.22. The van der Waals surface area contributed by atoms with Crippen molar-refractivity contribution < 1.29 is 13.2 Å². The van der Waals surface area contributed by atoms with Gasteiger partial charge in [0.25, 0.3) is 0 Å². The van der Waals surface area contributed by atoms with Crippen LogP contribution in [0.2, 0.25) is 5.02 Å². The topological polar surface area (TPSA) is 60.9 Å². The van der Waals surface area contributed by atoms with E-state index in [4.69, 9.17) is 11.6 Å². The number of amides is 1. The van der Waals surface area contributed by atoms with Crippen molar-refractivity contribution in [3.63, 3.8) is 0 Å². The smallest absolute Gasteiger partial charge is 0.227 e. The maximum Gasteiger partial charge on any atom is 0.227 e. The summed E-state index contributed by atoms with van der Waals surface area (Å²) < 4.78 is 25.0. The van der Waals surface area contributed by atoms with E-state index in [9.17, 15) is 13.2 Å². The van der Waals surface area contributed by atoms with Gasteiger partial charge in [-0.05, 0) is 24.5 Å². The summed E-state index contributed by atoms with van der Waals surface area (Å²) in [5.41, 5.74) is 1.10. The van der Waals surface area contributed by atoms with Crippen molar-refractivity contribution in [3.05, 3.63) is 34.9 Å². The number of carbonyl (C=O) groups excluding carboxylic acids is 1. The Bertz CT molecular complexity index is 748. The minimum absolute atomic E-state index is 0.0933. The standard InChI is InChI=1S/C18H26ClN3O3S/c1-26(24,25)22-8-4-6-16(14-22)18(23)21-11-9-20(10-12-21)13-15-5-2-3-7-17(15)19/h2-3,5,7,16H,4,6,8-14H2,1H3/t16-/m1/s1. The fourth-order valence-electron chi connectivity index (χ4n) is 3.70. The van der Waals surface area contributed by atoms with Gasteiger partial charge in [0, 0.05) is 50.8 Å². The van der Waals surface area contributed by atoms with Crippen LogP contribution < -0.4 is 0 Å². The van der Waals surface area contributed by atoms with E-state index in [0.29, 0.717) is 26.2 Å². The molecule has 2 saturated heterocycles. The van der Waals surface area contributed by atoms with Crippen LogP contribution in [0.5, 0.6) is 0 Å². The number of hydrogen-bond donors (Lipinski definition) is 0. The fourth-order valence-corrected chi connectivity index (χ4v) is 4.80. The molecule has 1 atom stereocenters. The normalized spacial score (nSPS) is 23.2. The van der Waals surface area contributed by atoms with E-state index in [0.717, 1.165) is 43.1 Å². The number of rotatable bonds is 4. The average molecular weight is 400 g/mol. The zero-order valence-electron chi connectivity index (χ0n) is 15.1. The third-order valence-electron chi connectivity index (χ3n) is 5.24. The molecule has 144 valence electrons. The highest BCUT2D eigenvalue weighted by Gasteiger charge is 2.33. The van der Waals surface area contributed by atoms with Crippen LogP contribution in [0.25, 0.3) is 0 Å². The lowest BCUT2D eigenvalue weighted by Crippen LogP contribution is -2.52. The van der Waals surface area contributed by atoms with Crippen molar-refractivity contribution in [2.24, 2.45) is 5.92 Å². The van der Waals surface area contributed by atoms with Crippen LogP contribution >= 0.6 is 11.6 Å². The first-order valence-corrected chi connectivity index (χ1v) is 11.3. The van der Waals surface area contributed by atoms with E-state index < -0.39 is 10.0 Å². The van der Waals surface area contributed by atoms with E-state index in [2.05, 4.69) is 4.90 Å². The van der Waals surface area contributed by atoms with Crippen LogP contribution in [-0.4, -0.2) is 74.0 Å². The highest BCUT2D eigenvalue weighted by molar-refractivity contribution is 7.88. The summed E-state index contributed by atoms with van der Waals surface area (Å²) in [5.74, 6) is -0.121. The first-order chi connectivity index (χ1) is 12.3. The molecule has 6 nitrogen and oxygen atoms in total. The van der Waals surface area contributed by atoms with Gasteiger partial charge in [-0.2, -0.15) is 0 Å². The molecule has 8 heteroatoms. The fraction of sp³-hybridized carbons (Fsp3) is 0.611. The van der Waals surface area contributed by atoms with Crippen molar-refractivity contribution in [2.75, 3.05) is 45.5 Å². The number of piperazine rings is 1. The van der Waals surface area contributed by atoms with Gasteiger partial charge in [0.1, 0.15) is 0 Å². The lowest BCUT2D eigenvalue weighted by atomic mass is 9.97. The Labute approximate surface area is 160 Å². The van der Waals surface area contributed by atoms with E-state index in [1.165, 1.54) is 10.6 Å². The quantitative estimate of drug-likeness (QED) is 0.772. The maximum absolute atomic E-state index is 12.8. The van der Waals surface area contributed by atoms with Gasteiger partial charge >= 0.3 is 0 Å². The Kier molecular flexibility index (Phi) is 6.22. The van der Waals surface area contributed by atoms with E-state index >= 15 is 0 Å². The first-order valence-electron chi connectivity index (χ1n) is 9.04. The average Bonchev–Trinajstić information content (AvgIpc) is 2.63. The molecule has 2 aliphatic heterocycles. The molecule has 2 aliphatic rings. The summed E-state index contributed by atoms with van der Waals surface area (Å²) >= 11 is 6.23. The SMILES string of the molecule is CS(=O)(=O)N1CCC[C@@H](C(=O)N2CCN(Cc3ccccc3Cl)CC2)C1. The van der Waals surface area contributed by atoms with Gasteiger partial charge < -0.3 is 4.90 Å². The summed E-state index contributed by atoms with van der Waals surface area (Å²) in [6.07, 6.45) is 2.73. The van der Waals surface area contributed by atoms with Gasteiger partial charge in [-0.1, -0.05) is 29.8 Å². The summed E-state index contributed by atoms with van der Waals surface area (Å²) in [5, 5.41) is 0.772. The molecule has 0 bridgehead atoms. The predicted molar refractivity (Wildman–Crippen MR) is 102 cm³/mol. The second kappa shape index (κ2) is 8.25. The van der Waals surface area contributed by atoms with Crippen molar-refractivity contribution in [1.29, 1.82) is 0 Å². The first kappa shape index (κ1) is 19.6. The molecule has 2 heterocycles. The molecule has 1 amide bonds. The molecule has 0 aliphatic carbocycles. The Balaban J connectivity index is 1.53. The third kappa shape index (κ3) is 4.76. The number of carbonyl (C=O) groups is 1. The highest BCUT2D eigenvalue weighted by atomic mass is 35.5. The molecule has 1 aromatic rings. The van der Waals surface area contributed by atoms with Gasteiger partial charge in [-0.15, -0.1) is 0 Å². The van der Waals surface area contributed by atoms with Gasteiger partial charge in [-0.25, -0.2) is 12.7 Å². The predicted octanol–water partition coefficient (Wildman–Crippen LogP) is 1.66. The van der Waals surface area contributed by atoms with Crippen molar-refractivity contribution in [3.8, 4) is 0 Å². The molecule has 0 N–H and O–H groups in total. The third-order valence-corrected chi connectivity index (χ3v) is 6.88. The van der Waals surface area contributed by atoms with E-state index in [1.807, 2.05) is 29.2 Å². The minimum Gasteiger partial charge on any atom is -0.340 e. The lowest BCUT2D eigenvalue weighted by Gasteiger charge is -2.38. The van der Waals surface area contributed by atoms with Crippen molar-refractivity contribution in [2.45, 2.75) is 19.4 Å². The monoisotopic (exact) mass is 399 g/mol. The molecule has 1 aromatic carbocycles. The summed E-state index contributed by atoms with van der Waals surface area (Å²) in [4.78, 5) is 17.0. The Morgan fingerprint density at radius 3 is 2.50 bits per heavy atom. The zero-order chi connectivity index (χ0) is 18.7. The summed E-state index contributed by atoms with van der Waals surface area (Å²) in [6, 6.07) is 7.83. The molecular formula is C18H26ClN3O3S. The molecule has 0 spiro atoms. The van der Waals surface area contributed by atoms with Crippen LogP contribution in [0.3, 0.4) is 0 Å². The van der Waals surface area contributed by atoms with Crippen LogP contribution in [0.4, 0.5) is 0 Å². The molecule has 26 heavy (non-hydrogen) atoms. The van der Waals surface area contributed by atoms with Crippen LogP contribution in [0, 0.1) is 5.92 Å². The zero-order valence-corrected chi connectivity index (χ0v) is 16.7. The molecule has 0 radical (unpaired) electrons. The number of sulfonamides is 1. The molecule has 2 fully saturated rings. The number of hydrogen-bond acceptors (Lipinski definition) is 4. The second-order valence-electron chi connectivity index (χ2n) is 7.15. The number of nitrogens with zero attached hydrogens (tertiary/aromatic N) is 3. The Hall–Kier alpha value is -1.15. The molecule has 0 aromatic heterocycles. The van der Waals surface area contributed by atoms with Crippen LogP contribution in [0.1, 0.15) is 18.4 Å². The largest absolute Gasteiger partial charge is 0.340 e. The van der Waals surface area contributed by atoms with E-state index in [-0.39, 0.29) is 11.8 Å². The van der Waals surface area contributed by atoms with Gasteiger partial charge in [0.2, 0.25) is 15.9 Å². The van der Waals surface area contributed by atoms with Gasteiger partial charge in [-0.3, -0.25) is 9.69 Å². The van der Waals surface area contributed by atoms with Gasteiger partial charge in [0.15, 0.2) is 0 Å². The maximum atomic E-state index is 12.8. The van der Waals surface area contributed by atoms with Crippen LogP contribution in [-0.2, 0) is 21.4 Å². The number of halogens is 1. The molecule has 0 unspecified atom stereocenters. The van der Waals surface area contributed by atoms with Crippen molar-refractivity contribution >= 4 is 27.5 Å². The minimum atomic E-state index is -3.23. The molecule has 3 rings (SSSR count). The Morgan fingerprint density at radius 1 is 1.15 bits per heavy atom. The van der Waals surface area contributed by atoms with E-state index in [1.54, 1.807) is 0 Å². The number of benzene rings is 1. The summed E-state index contributed by atoms with van der Waals surface area (Å²) in [7, 11) is -3.23. The Morgan fingerprint density at radius 2 is 1.85 bits per heavy atom. The second-order valence-corrected chi connectivity index (χ2v) is 9.54. The van der Waals surface area contributed by atoms with Crippen LogP contribution in [0.15, 0.2) is 24.3 Å². The van der Waals surface area contributed by atoms with Gasteiger partial charge in [0.05, 0.1) is 12.2 Å². The summed E-state index contributed by atoms with van der Waals surface area (Å²) in [6.45, 7) is 4.59. The molecular weight excluding hydrogens is 374 g/mol.